The maximum absolute atomic E-state index is 13.0. The quantitative estimate of drug-likeness (QED) is 0.521. The van der Waals surface area contributed by atoms with Crippen molar-refractivity contribution in [2.45, 2.75) is 6.92 Å². The normalized spacial score (nSPS) is 12.3. The van der Waals surface area contributed by atoms with E-state index in [2.05, 4.69) is 10.1 Å². The summed E-state index contributed by atoms with van der Waals surface area (Å²) in [5, 5.41) is 4.26. The summed E-state index contributed by atoms with van der Waals surface area (Å²) in [6, 6.07) is 13.6. The zero-order chi connectivity index (χ0) is 19.5. The summed E-state index contributed by atoms with van der Waals surface area (Å²) < 4.78 is 20.4. The van der Waals surface area contributed by atoms with Crippen molar-refractivity contribution in [3.8, 4) is 5.75 Å². The summed E-state index contributed by atoms with van der Waals surface area (Å²) in [7, 11) is 0. The van der Waals surface area contributed by atoms with Gasteiger partial charge in [0.15, 0.2) is 5.82 Å². The second kappa shape index (κ2) is 7.74. The minimum atomic E-state index is -0.288. The number of ether oxygens (including phenoxy) is 1. The first kappa shape index (κ1) is 18.1. The molecular formula is C21H16FN3O2S. The molecule has 2 aromatic heterocycles. The van der Waals surface area contributed by atoms with Gasteiger partial charge in [-0.05, 0) is 42.8 Å². The highest BCUT2D eigenvalue weighted by Crippen LogP contribution is 2.18. The first-order valence-electron chi connectivity index (χ1n) is 8.71. The molecule has 0 atom stereocenters. The van der Waals surface area contributed by atoms with E-state index in [0.717, 1.165) is 16.9 Å². The Bertz CT molecular complexity index is 1260. The summed E-state index contributed by atoms with van der Waals surface area (Å²) in [5.74, 6) is 0.865. The number of nitrogens with zero attached hydrogens (tertiary/aromatic N) is 3. The molecule has 0 unspecified atom stereocenters. The van der Waals surface area contributed by atoms with Crippen molar-refractivity contribution in [1.29, 1.82) is 0 Å². The molecule has 0 fully saturated rings. The monoisotopic (exact) mass is 393 g/mol. The minimum Gasteiger partial charge on any atom is -0.493 e. The highest BCUT2D eigenvalue weighted by atomic mass is 32.1. The lowest BCUT2D eigenvalue weighted by Gasteiger charge is -2.05. The van der Waals surface area contributed by atoms with Crippen molar-refractivity contribution < 1.29 is 9.13 Å². The number of thiazole rings is 1. The highest BCUT2D eigenvalue weighted by Gasteiger charge is 2.09. The molecular weight excluding hydrogens is 377 g/mol. The van der Waals surface area contributed by atoms with Gasteiger partial charge < -0.3 is 4.74 Å². The summed E-state index contributed by atoms with van der Waals surface area (Å²) in [6.45, 7) is 2.47. The van der Waals surface area contributed by atoms with E-state index >= 15 is 0 Å². The predicted molar refractivity (Wildman–Crippen MR) is 109 cm³/mol. The molecule has 140 valence electrons. The van der Waals surface area contributed by atoms with Crippen LogP contribution in [0.3, 0.4) is 0 Å². The Kier molecular flexibility index (Phi) is 4.99. The second-order valence-corrected chi connectivity index (χ2v) is 6.95. The van der Waals surface area contributed by atoms with Gasteiger partial charge in [-0.1, -0.05) is 47.7 Å². The van der Waals surface area contributed by atoms with E-state index in [9.17, 15) is 9.18 Å². The van der Waals surface area contributed by atoms with Gasteiger partial charge in [-0.15, -0.1) is 5.10 Å². The maximum Gasteiger partial charge on any atom is 0.291 e. The predicted octanol–water partition coefficient (Wildman–Crippen LogP) is 3.41. The molecule has 0 aliphatic heterocycles. The number of fused-ring (bicyclic) bond motifs is 1. The fourth-order valence-electron chi connectivity index (χ4n) is 2.69. The molecule has 2 heterocycles. The largest absolute Gasteiger partial charge is 0.493 e. The molecule has 0 amide bonds. The molecule has 0 spiro atoms. The van der Waals surface area contributed by atoms with Crippen LogP contribution in [-0.4, -0.2) is 21.2 Å². The Hall–Kier alpha value is -3.32. The molecule has 4 aromatic rings. The van der Waals surface area contributed by atoms with Gasteiger partial charge in [0.1, 0.15) is 11.6 Å². The van der Waals surface area contributed by atoms with Gasteiger partial charge >= 0.3 is 0 Å². The van der Waals surface area contributed by atoms with Gasteiger partial charge in [0.2, 0.25) is 4.96 Å². The lowest BCUT2D eigenvalue weighted by molar-refractivity contribution is 0.339. The lowest BCUT2D eigenvalue weighted by Crippen LogP contribution is -2.23. The third kappa shape index (κ3) is 3.70. The van der Waals surface area contributed by atoms with Crippen molar-refractivity contribution in [3.63, 3.8) is 0 Å². The van der Waals surface area contributed by atoms with E-state index in [4.69, 9.17) is 4.74 Å². The average Bonchev–Trinajstić information content (AvgIpc) is 3.22. The second-order valence-electron chi connectivity index (χ2n) is 5.94. The Labute approximate surface area is 164 Å². The number of halogens is 1. The van der Waals surface area contributed by atoms with E-state index in [0.29, 0.717) is 21.9 Å². The number of aromatic nitrogens is 3. The smallest absolute Gasteiger partial charge is 0.291 e. The van der Waals surface area contributed by atoms with Crippen molar-refractivity contribution >= 4 is 34.5 Å². The van der Waals surface area contributed by atoms with Crippen molar-refractivity contribution in [3.05, 3.63) is 86.2 Å². The summed E-state index contributed by atoms with van der Waals surface area (Å²) in [4.78, 5) is 17.6. The first-order valence-corrected chi connectivity index (χ1v) is 9.52. The van der Waals surface area contributed by atoms with Crippen molar-refractivity contribution in [1.82, 2.24) is 14.6 Å². The van der Waals surface area contributed by atoms with Crippen LogP contribution < -0.4 is 14.8 Å². The Balaban J connectivity index is 1.67. The van der Waals surface area contributed by atoms with Crippen molar-refractivity contribution in [2.24, 2.45) is 0 Å². The van der Waals surface area contributed by atoms with Crippen molar-refractivity contribution in [2.75, 3.05) is 6.61 Å². The molecule has 0 bridgehead atoms. The SMILES string of the molecule is CCOc1ccccc1/C=c1/sc2nc(/C=C/c3ccc(F)cc3)nn2c1=O. The van der Waals surface area contributed by atoms with Gasteiger partial charge in [-0.25, -0.2) is 4.39 Å². The minimum absolute atomic E-state index is 0.222. The van der Waals surface area contributed by atoms with E-state index in [1.807, 2.05) is 31.2 Å². The molecule has 0 saturated carbocycles. The van der Waals surface area contributed by atoms with Gasteiger partial charge in [-0.2, -0.15) is 9.50 Å². The van der Waals surface area contributed by atoms with E-state index < -0.39 is 0 Å². The Morgan fingerprint density at radius 1 is 1.14 bits per heavy atom. The molecule has 7 heteroatoms. The zero-order valence-corrected chi connectivity index (χ0v) is 15.8. The summed E-state index contributed by atoms with van der Waals surface area (Å²) in [5.41, 5.74) is 1.44. The van der Waals surface area contributed by atoms with Crippen LogP contribution in [0.5, 0.6) is 5.75 Å². The van der Waals surface area contributed by atoms with Gasteiger partial charge in [0.25, 0.3) is 5.56 Å². The molecule has 2 aromatic carbocycles. The van der Waals surface area contributed by atoms with Crippen LogP contribution in [0.25, 0.3) is 23.2 Å². The molecule has 28 heavy (non-hydrogen) atoms. The Morgan fingerprint density at radius 2 is 1.93 bits per heavy atom. The standard InChI is InChI=1S/C21H16FN3O2S/c1-2-27-17-6-4-3-5-15(17)13-18-20(26)25-21(28-18)23-19(24-25)12-9-14-7-10-16(22)11-8-14/h3-13H,2H2,1H3/b12-9+,18-13+. The lowest BCUT2D eigenvalue weighted by atomic mass is 10.2. The first-order chi connectivity index (χ1) is 13.6. The molecule has 0 N–H and O–H groups in total. The van der Waals surface area contributed by atoms with E-state index in [1.165, 1.54) is 28.0 Å². The fraction of sp³-hybridized carbons (Fsp3) is 0.0952. The average molecular weight is 393 g/mol. The molecule has 0 aliphatic carbocycles. The van der Waals surface area contributed by atoms with Gasteiger partial charge in [0, 0.05) is 5.56 Å². The van der Waals surface area contributed by atoms with Gasteiger partial charge in [-0.3, -0.25) is 4.79 Å². The third-order valence-corrected chi connectivity index (χ3v) is 4.96. The van der Waals surface area contributed by atoms with E-state index in [-0.39, 0.29) is 11.4 Å². The molecule has 0 radical (unpaired) electrons. The van der Waals surface area contributed by atoms with Crippen LogP contribution in [0, 0.1) is 5.82 Å². The number of rotatable bonds is 5. The van der Waals surface area contributed by atoms with Crippen LogP contribution in [0.2, 0.25) is 0 Å². The molecule has 0 aliphatic rings. The highest BCUT2D eigenvalue weighted by molar-refractivity contribution is 7.15. The van der Waals surface area contributed by atoms with Crippen LogP contribution >= 0.6 is 11.3 Å². The van der Waals surface area contributed by atoms with Gasteiger partial charge in [0.05, 0.1) is 11.1 Å². The molecule has 4 rings (SSSR count). The molecule has 5 nitrogen and oxygen atoms in total. The number of hydrogen-bond acceptors (Lipinski definition) is 5. The fourth-order valence-corrected chi connectivity index (χ4v) is 3.60. The number of benzene rings is 2. The van der Waals surface area contributed by atoms with E-state index in [1.54, 1.807) is 30.4 Å². The van der Waals surface area contributed by atoms with Crippen LogP contribution in [0.4, 0.5) is 4.39 Å². The van der Waals surface area contributed by atoms with Crippen LogP contribution in [0.1, 0.15) is 23.9 Å². The van der Waals surface area contributed by atoms with Crippen LogP contribution in [-0.2, 0) is 0 Å². The Morgan fingerprint density at radius 3 is 2.68 bits per heavy atom. The maximum atomic E-state index is 13.0. The third-order valence-electron chi connectivity index (χ3n) is 4.00. The zero-order valence-electron chi connectivity index (χ0n) is 15.0. The molecule has 0 saturated heterocycles. The topological polar surface area (TPSA) is 56.5 Å². The van der Waals surface area contributed by atoms with Crippen LogP contribution in [0.15, 0.2) is 53.3 Å². The summed E-state index contributed by atoms with van der Waals surface area (Å²) in [6.07, 6.45) is 5.26. The number of para-hydroxylation sites is 1. The summed E-state index contributed by atoms with van der Waals surface area (Å²) >= 11 is 1.27. The number of hydrogen-bond donors (Lipinski definition) is 0.